The summed E-state index contributed by atoms with van der Waals surface area (Å²) in [5.41, 5.74) is 2.01. The molecule has 3 aromatic rings. The Balaban J connectivity index is 1.75. The van der Waals surface area contributed by atoms with E-state index < -0.39 is 17.7 Å². The maximum absolute atomic E-state index is 12.9. The lowest BCUT2D eigenvalue weighted by Gasteiger charge is -2.23. The topological polar surface area (TPSA) is 96.1 Å². The van der Waals surface area contributed by atoms with Crippen LogP contribution in [0.15, 0.2) is 54.9 Å². The molecule has 0 aliphatic rings. The van der Waals surface area contributed by atoms with E-state index in [2.05, 4.69) is 20.6 Å². The van der Waals surface area contributed by atoms with Gasteiger partial charge in [-0.2, -0.15) is 0 Å². The molecule has 7 heteroatoms. The molecule has 2 heterocycles. The minimum Gasteiger partial charge on any atom is -0.444 e. The number of fused-ring (bicyclic) bond motifs is 1. The fourth-order valence-electron chi connectivity index (χ4n) is 2.98. The second-order valence-electron chi connectivity index (χ2n) is 7.80. The molecule has 0 saturated carbocycles. The average molecular weight is 394 g/mol. The molecule has 0 saturated heterocycles. The Bertz CT molecular complexity index is 976. The van der Waals surface area contributed by atoms with Gasteiger partial charge in [0.2, 0.25) is 5.91 Å². The summed E-state index contributed by atoms with van der Waals surface area (Å²) in [7, 11) is 0. The first-order valence-corrected chi connectivity index (χ1v) is 9.54. The second kappa shape index (κ2) is 8.77. The van der Waals surface area contributed by atoms with Gasteiger partial charge in [0.15, 0.2) is 0 Å². The van der Waals surface area contributed by atoms with E-state index in [9.17, 15) is 9.59 Å². The van der Waals surface area contributed by atoms with Crippen molar-refractivity contribution in [3.05, 3.63) is 66.1 Å². The van der Waals surface area contributed by atoms with Crippen molar-refractivity contribution < 1.29 is 14.3 Å². The van der Waals surface area contributed by atoms with Crippen LogP contribution in [-0.4, -0.2) is 33.6 Å². The van der Waals surface area contributed by atoms with Crippen molar-refractivity contribution in [1.29, 1.82) is 0 Å². The maximum Gasteiger partial charge on any atom is 0.408 e. The van der Waals surface area contributed by atoms with E-state index in [1.54, 1.807) is 27.0 Å². The lowest BCUT2D eigenvalue weighted by molar-refractivity contribution is -0.123. The van der Waals surface area contributed by atoms with Crippen LogP contribution in [0.2, 0.25) is 0 Å². The highest BCUT2D eigenvalue weighted by molar-refractivity contribution is 5.88. The number of benzene rings is 1. The SMILES string of the molecule is CC(C)(C)OC(=O)N[C@H](Cc1c[nH]c2ccccc12)C(=O)NCc1ccccn1. The van der Waals surface area contributed by atoms with Crippen LogP contribution >= 0.6 is 0 Å². The molecule has 152 valence electrons. The van der Waals surface area contributed by atoms with Crippen LogP contribution < -0.4 is 10.6 Å². The van der Waals surface area contributed by atoms with Gasteiger partial charge in [-0.1, -0.05) is 24.3 Å². The summed E-state index contributed by atoms with van der Waals surface area (Å²) in [6.45, 7) is 5.62. The zero-order valence-corrected chi connectivity index (χ0v) is 16.9. The van der Waals surface area contributed by atoms with Gasteiger partial charge in [0, 0.05) is 29.7 Å². The molecule has 3 rings (SSSR count). The zero-order valence-electron chi connectivity index (χ0n) is 16.9. The molecule has 1 atom stereocenters. The van der Waals surface area contributed by atoms with Gasteiger partial charge in [-0.05, 0) is 44.5 Å². The molecule has 7 nitrogen and oxygen atoms in total. The summed E-state index contributed by atoms with van der Waals surface area (Å²) in [6, 6.07) is 12.6. The van der Waals surface area contributed by atoms with Crippen LogP contribution in [0.3, 0.4) is 0 Å². The van der Waals surface area contributed by atoms with E-state index in [0.29, 0.717) is 6.42 Å². The van der Waals surface area contributed by atoms with Crippen LogP contribution in [0.1, 0.15) is 32.0 Å². The number of carbonyl (C=O) groups excluding carboxylic acids is 2. The number of ether oxygens (including phenoxy) is 1. The number of hydrogen-bond donors (Lipinski definition) is 3. The van der Waals surface area contributed by atoms with Gasteiger partial charge >= 0.3 is 6.09 Å². The molecule has 0 fully saturated rings. The van der Waals surface area contributed by atoms with Gasteiger partial charge in [0.25, 0.3) is 0 Å². The van der Waals surface area contributed by atoms with Crippen LogP contribution in [-0.2, 0) is 22.5 Å². The highest BCUT2D eigenvalue weighted by Crippen LogP contribution is 2.19. The number of aromatic amines is 1. The first kappa shape index (κ1) is 20.4. The van der Waals surface area contributed by atoms with Crippen molar-refractivity contribution in [2.45, 2.75) is 45.4 Å². The van der Waals surface area contributed by atoms with Crippen molar-refractivity contribution >= 4 is 22.9 Å². The lowest BCUT2D eigenvalue weighted by atomic mass is 10.0. The molecule has 0 aliphatic carbocycles. The lowest BCUT2D eigenvalue weighted by Crippen LogP contribution is -2.49. The second-order valence-corrected chi connectivity index (χ2v) is 7.80. The minimum absolute atomic E-state index is 0.278. The van der Waals surface area contributed by atoms with E-state index in [1.807, 2.05) is 48.7 Å². The van der Waals surface area contributed by atoms with E-state index in [4.69, 9.17) is 4.74 Å². The summed E-state index contributed by atoms with van der Waals surface area (Å²) in [4.78, 5) is 32.6. The molecular weight excluding hydrogens is 368 g/mol. The molecule has 0 unspecified atom stereocenters. The molecule has 29 heavy (non-hydrogen) atoms. The van der Waals surface area contributed by atoms with Crippen molar-refractivity contribution in [2.75, 3.05) is 0 Å². The molecular formula is C22H26N4O3. The fourth-order valence-corrected chi connectivity index (χ4v) is 2.98. The number of amides is 2. The Morgan fingerprint density at radius 3 is 2.62 bits per heavy atom. The number of pyridine rings is 1. The molecule has 0 bridgehead atoms. The molecule has 3 N–H and O–H groups in total. The summed E-state index contributed by atoms with van der Waals surface area (Å²) in [5, 5.41) is 6.57. The number of nitrogens with zero attached hydrogens (tertiary/aromatic N) is 1. The Morgan fingerprint density at radius 1 is 1.14 bits per heavy atom. The van der Waals surface area contributed by atoms with Gasteiger partial charge in [-0.25, -0.2) is 4.79 Å². The summed E-state index contributed by atoms with van der Waals surface area (Å²) in [5.74, 6) is -0.299. The molecule has 2 aromatic heterocycles. The smallest absolute Gasteiger partial charge is 0.408 e. The van der Waals surface area contributed by atoms with Crippen molar-refractivity contribution in [3.63, 3.8) is 0 Å². The zero-order chi connectivity index (χ0) is 20.9. The number of rotatable bonds is 6. The van der Waals surface area contributed by atoms with Gasteiger partial charge in [0.05, 0.1) is 12.2 Å². The average Bonchev–Trinajstić information content (AvgIpc) is 3.08. The molecule has 0 spiro atoms. The van der Waals surface area contributed by atoms with Crippen molar-refractivity contribution in [1.82, 2.24) is 20.6 Å². The van der Waals surface area contributed by atoms with Crippen LogP contribution in [0.4, 0.5) is 4.79 Å². The summed E-state index contributed by atoms with van der Waals surface area (Å²) >= 11 is 0. The molecule has 2 amide bonds. The van der Waals surface area contributed by atoms with Gasteiger partial charge in [0.1, 0.15) is 11.6 Å². The number of para-hydroxylation sites is 1. The van der Waals surface area contributed by atoms with Crippen LogP contribution in [0.25, 0.3) is 10.9 Å². The number of carbonyl (C=O) groups is 2. The van der Waals surface area contributed by atoms with Crippen LogP contribution in [0.5, 0.6) is 0 Å². The van der Waals surface area contributed by atoms with Crippen LogP contribution in [0, 0.1) is 0 Å². The van der Waals surface area contributed by atoms with E-state index in [-0.39, 0.29) is 12.5 Å². The van der Waals surface area contributed by atoms with Crippen molar-refractivity contribution in [3.8, 4) is 0 Å². The Morgan fingerprint density at radius 2 is 1.90 bits per heavy atom. The van der Waals surface area contributed by atoms with E-state index in [1.165, 1.54) is 0 Å². The third-order valence-corrected chi connectivity index (χ3v) is 4.28. The number of H-pyrrole nitrogens is 1. The largest absolute Gasteiger partial charge is 0.444 e. The highest BCUT2D eigenvalue weighted by atomic mass is 16.6. The number of nitrogens with one attached hydrogen (secondary N) is 3. The monoisotopic (exact) mass is 394 g/mol. The number of hydrogen-bond acceptors (Lipinski definition) is 4. The molecule has 0 aliphatic heterocycles. The Hall–Kier alpha value is -3.35. The maximum atomic E-state index is 12.9. The fraction of sp³-hybridized carbons (Fsp3) is 0.318. The third-order valence-electron chi connectivity index (χ3n) is 4.28. The van der Waals surface area contributed by atoms with E-state index >= 15 is 0 Å². The number of alkyl carbamates (subject to hydrolysis) is 1. The first-order valence-electron chi connectivity index (χ1n) is 9.54. The third kappa shape index (κ3) is 5.81. The quantitative estimate of drug-likeness (QED) is 0.598. The first-order chi connectivity index (χ1) is 13.8. The molecule has 1 aromatic carbocycles. The van der Waals surface area contributed by atoms with Gasteiger partial charge in [-0.15, -0.1) is 0 Å². The van der Waals surface area contributed by atoms with E-state index in [0.717, 1.165) is 22.2 Å². The number of aromatic nitrogens is 2. The predicted octanol–water partition coefficient (Wildman–Crippen LogP) is 3.32. The van der Waals surface area contributed by atoms with Gasteiger partial charge in [-0.3, -0.25) is 9.78 Å². The Kier molecular flexibility index (Phi) is 6.16. The molecule has 0 radical (unpaired) electrons. The normalized spacial score (nSPS) is 12.4. The highest BCUT2D eigenvalue weighted by Gasteiger charge is 2.25. The summed E-state index contributed by atoms with van der Waals surface area (Å²) in [6.07, 6.45) is 3.23. The standard InChI is InChI=1S/C22H26N4O3/c1-22(2,3)29-21(28)26-19(20(27)25-14-16-8-6-7-11-23-16)12-15-13-24-18-10-5-4-9-17(15)18/h4-11,13,19,24H,12,14H2,1-3H3,(H,25,27)(H,26,28)/t19-/m1/s1. The summed E-state index contributed by atoms with van der Waals surface area (Å²) < 4.78 is 5.34. The minimum atomic E-state index is -0.784. The van der Waals surface area contributed by atoms with Gasteiger partial charge < -0.3 is 20.4 Å². The van der Waals surface area contributed by atoms with Crippen molar-refractivity contribution in [2.24, 2.45) is 0 Å². The Labute approximate surface area is 169 Å². The predicted molar refractivity (Wildman–Crippen MR) is 111 cm³/mol.